The van der Waals surface area contributed by atoms with Crippen LogP contribution in [0.1, 0.15) is 19.4 Å². The standard InChI is InChI=1S/C17H25N5O2/c1-5-21(3)15-9-7-6-8-14(15)20-16(23)18-12-17(2,24)13-10-19-22(4)11-13/h6-11,24H,5,12H2,1-4H3,(H2,18,20,23). The number of nitrogens with zero attached hydrogens (tertiary/aromatic N) is 3. The SMILES string of the molecule is CCN(C)c1ccccc1NC(=O)NCC(C)(O)c1cnn(C)c1. The number of benzene rings is 1. The Morgan fingerprint density at radius 1 is 1.42 bits per heavy atom. The molecule has 0 aliphatic heterocycles. The van der Waals surface area contributed by atoms with Gasteiger partial charge in [-0.25, -0.2) is 4.79 Å². The largest absolute Gasteiger partial charge is 0.383 e. The van der Waals surface area contributed by atoms with Gasteiger partial charge < -0.3 is 20.6 Å². The summed E-state index contributed by atoms with van der Waals surface area (Å²) in [5, 5.41) is 20.1. The number of carbonyl (C=O) groups is 1. The molecule has 2 aromatic rings. The highest BCUT2D eigenvalue weighted by Crippen LogP contribution is 2.24. The van der Waals surface area contributed by atoms with E-state index in [1.807, 2.05) is 43.1 Å². The van der Waals surface area contributed by atoms with Crippen molar-refractivity contribution in [1.82, 2.24) is 15.1 Å². The fourth-order valence-electron chi connectivity index (χ4n) is 2.30. The topological polar surface area (TPSA) is 82.4 Å². The van der Waals surface area contributed by atoms with Crippen molar-refractivity contribution in [1.29, 1.82) is 0 Å². The first-order chi connectivity index (χ1) is 11.3. The van der Waals surface area contributed by atoms with Crippen LogP contribution in [-0.2, 0) is 12.6 Å². The van der Waals surface area contributed by atoms with Gasteiger partial charge in [0.1, 0.15) is 5.60 Å². The van der Waals surface area contributed by atoms with Crippen molar-refractivity contribution >= 4 is 17.4 Å². The lowest BCUT2D eigenvalue weighted by Gasteiger charge is -2.24. The Morgan fingerprint density at radius 3 is 2.75 bits per heavy atom. The number of amides is 2. The first-order valence-corrected chi connectivity index (χ1v) is 7.90. The number of anilines is 2. The third-order valence-corrected chi connectivity index (χ3v) is 3.96. The zero-order valence-corrected chi connectivity index (χ0v) is 14.6. The summed E-state index contributed by atoms with van der Waals surface area (Å²) in [5.41, 5.74) is 1.12. The van der Waals surface area contributed by atoms with Gasteiger partial charge in [-0.1, -0.05) is 12.1 Å². The average molecular weight is 331 g/mol. The van der Waals surface area contributed by atoms with Crippen molar-refractivity contribution in [3.05, 3.63) is 42.2 Å². The number of carbonyl (C=O) groups excluding carboxylic acids is 1. The molecule has 0 radical (unpaired) electrons. The molecule has 0 saturated carbocycles. The summed E-state index contributed by atoms with van der Waals surface area (Å²) in [6, 6.07) is 7.23. The van der Waals surface area contributed by atoms with Gasteiger partial charge in [-0.15, -0.1) is 0 Å². The Morgan fingerprint density at radius 2 is 2.12 bits per heavy atom. The second kappa shape index (κ2) is 7.35. The highest BCUT2D eigenvalue weighted by atomic mass is 16.3. The highest BCUT2D eigenvalue weighted by molar-refractivity contribution is 5.93. The van der Waals surface area contributed by atoms with Crippen LogP contribution >= 0.6 is 0 Å². The predicted molar refractivity (Wildman–Crippen MR) is 95.2 cm³/mol. The van der Waals surface area contributed by atoms with E-state index in [9.17, 15) is 9.90 Å². The van der Waals surface area contributed by atoms with Gasteiger partial charge in [0.05, 0.1) is 24.1 Å². The molecule has 0 bridgehead atoms. The van der Waals surface area contributed by atoms with Crippen LogP contribution in [0.4, 0.5) is 16.2 Å². The zero-order chi connectivity index (χ0) is 17.7. The Hall–Kier alpha value is -2.54. The average Bonchev–Trinajstić information content (AvgIpc) is 3.00. The summed E-state index contributed by atoms with van der Waals surface area (Å²) in [4.78, 5) is 14.2. The molecule has 1 heterocycles. The minimum absolute atomic E-state index is 0.0797. The number of nitrogens with one attached hydrogen (secondary N) is 2. The summed E-state index contributed by atoms with van der Waals surface area (Å²) in [6.07, 6.45) is 3.32. The van der Waals surface area contributed by atoms with Gasteiger partial charge in [0.25, 0.3) is 0 Å². The minimum atomic E-state index is -1.19. The lowest BCUT2D eigenvalue weighted by molar-refractivity contribution is 0.0599. The zero-order valence-electron chi connectivity index (χ0n) is 14.6. The van der Waals surface area contributed by atoms with Crippen molar-refractivity contribution in [2.24, 2.45) is 7.05 Å². The van der Waals surface area contributed by atoms with Gasteiger partial charge in [0, 0.05) is 32.4 Å². The lowest BCUT2D eigenvalue weighted by atomic mass is 10.00. The van der Waals surface area contributed by atoms with E-state index in [-0.39, 0.29) is 12.6 Å². The third kappa shape index (κ3) is 4.26. The van der Waals surface area contributed by atoms with Crippen LogP contribution in [0.5, 0.6) is 0 Å². The van der Waals surface area contributed by atoms with E-state index < -0.39 is 5.60 Å². The normalized spacial score (nSPS) is 13.2. The van der Waals surface area contributed by atoms with E-state index in [1.165, 1.54) is 0 Å². The summed E-state index contributed by atoms with van der Waals surface area (Å²) < 4.78 is 1.61. The lowest BCUT2D eigenvalue weighted by Crippen LogP contribution is -2.40. The third-order valence-electron chi connectivity index (χ3n) is 3.96. The van der Waals surface area contributed by atoms with Crippen molar-refractivity contribution in [2.45, 2.75) is 19.4 Å². The smallest absolute Gasteiger partial charge is 0.319 e. The second-order valence-electron chi connectivity index (χ2n) is 6.02. The Kier molecular flexibility index (Phi) is 5.46. The number of hydrogen-bond acceptors (Lipinski definition) is 4. The van der Waals surface area contributed by atoms with Gasteiger partial charge in [-0.05, 0) is 26.0 Å². The molecule has 7 nitrogen and oxygen atoms in total. The molecule has 2 rings (SSSR count). The molecule has 7 heteroatoms. The van der Waals surface area contributed by atoms with E-state index in [2.05, 4.69) is 15.7 Å². The molecule has 1 atom stereocenters. The minimum Gasteiger partial charge on any atom is -0.383 e. The molecule has 0 fully saturated rings. The number of rotatable bonds is 6. The maximum Gasteiger partial charge on any atom is 0.319 e. The molecular formula is C17H25N5O2. The van der Waals surface area contributed by atoms with Crippen molar-refractivity contribution in [3.63, 3.8) is 0 Å². The van der Waals surface area contributed by atoms with Crippen molar-refractivity contribution in [2.75, 3.05) is 30.4 Å². The van der Waals surface area contributed by atoms with Crippen molar-refractivity contribution in [3.8, 4) is 0 Å². The van der Waals surface area contributed by atoms with Crippen LogP contribution in [0, 0.1) is 0 Å². The molecule has 0 spiro atoms. The Labute approximate surface area is 142 Å². The van der Waals surface area contributed by atoms with E-state index >= 15 is 0 Å². The van der Waals surface area contributed by atoms with Gasteiger partial charge >= 0.3 is 6.03 Å². The van der Waals surface area contributed by atoms with E-state index in [4.69, 9.17) is 0 Å². The Bertz CT molecular complexity index is 696. The quantitative estimate of drug-likeness (QED) is 0.755. The van der Waals surface area contributed by atoms with Crippen molar-refractivity contribution < 1.29 is 9.90 Å². The molecule has 24 heavy (non-hydrogen) atoms. The molecule has 1 aromatic carbocycles. The summed E-state index contributed by atoms with van der Waals surface area (Å²) >= 11 is 0. The molecule has 0 aliphatic rings. The monoisotopic (exact) mass is 331 g/mol. The fraction of sp³-hybridized carbons (Fsp3) is 0.412. The van der Waals surface area contributed by atoms with Crippen LogP contribution in [0.25, 0.3) is 0 Å². The van der Waals surface area contributed by atoms with Gasteiger partial charge in [0.2, 0.25) is 0 Å². The maximum absolute atomic E-state index is 12.2. The summed E-state index contributed by atoms with van der Waals surface area (Å²) in [5.74, 6) is 0. The number of hydrogen-bond donors (Lipinski definition) is 3. The maximum atomic E-state index is 12.2. The van der Waals surface area contributed by atoms with Crippen LogP contribution < -0.4 is 15.5 Å². The summed E-state index contributed by atoms with van der Waals surface area (Å²) in [6.45, 7) is 4.59. The first kappa shape index (κ1) is 17.8. The van der Waals surface area contributed by atoms with Crippen LogP contribution in [0.15, 0.2) is 36.7 Å². The molecular weight excluding hydrogens is 306 g/mol. The second-order valence-corrected chi connectivity index (χ2v) is 6.02. The molecule has 1 unspecified atom stereocenters. The number of aryl methyl sites for hydroxylation is 1. The van der Waals surface area contributed by atoms with Crippen LogP contribution in [-0.4, -0.2) is 41.1 Å². The molecule has 130 valence electrons. The molecule has 2 amide bonds. The first-order valence-electron chi connectivity index (χ1n) is 7.90. The molecule has 0 aliphatic carbocycles. The number of urea groups is 1. The van der Waals surface area contributed by atoms with Gasteiger partial charge in [-0.3, -0.25) is 4.68 Å². The molecule has 1 aromatic heterocycles. The van der Waals surface area contributed by atoms with Crippen LogP contribution in [0.2, 0.25) is 0 Å². The van der Waals surface area contributed by atoms with Crippen LogP contribution in [0.3, 0.4) is 0 Å². The fourth-order valence-corrected chi connectivity index (χ4v) is 2.30. The van der Waals surface area contributed by atoms with Gasteiger partial charge in [-0.2, -0.15) is 5.10 Å². The molecule has 0 saturated heterocycles. The van der Waals surface area contributed by atoms with E-state index in [1.54, 1.807) is 31.0 Å². The molecule has 3 N–H and O–H groups in total. The number of para-hydroxylation sites is 2. The highest BCUT2D eigenvalue weighted by Gasteiger charge is 2.25. The predicted octanol–water partition coefficient (Wildman–Crippen LogP) is 1.91. The van der Waals surface area contributed by atoms with E-state index in [0.29, 0.717) is 5.56 Å². The van der Waals surface area contributed by atoms with Gasteiger partial charge in [0.15, 0.2) is 0 Å². The van der Waals surface area contributed by atoms with E-state index in [0.717, 1.165) is 17.9 Å². The summed E-state index contributed by atoms with van der Waals surface area (Å²) in [7, 11) is 3.74. The number of aliphatic hydroxyl groups is 1. The number of aromatic nitrogens is 2. The Balaban J connectivity index is 1.99.